The molecule has 0 saturated carbocycles. The van der Waals surface area contributed by atoms with E-state index in [1.54, 1.807) is 0 Å². The summed E-state index contributed by atoms with van der Waals surface area (Å²) in [7, 11) is 0. The van der Waals surface area contributed by atoms with E-state index >= 15 is 0 Å². The third-order valence-corrected chi connectivity index (χ3v) is 3.41. The highest BCUT2D eigenvalue weighted by molar-refractivity contribution is 5.84. The van der Waals surface area contributed by atoms with Gasteiger partial charge in [-0.15, -0.1) is 0 Å². The van der Waals surface area contributed by atoms with Crippen LogP contribution in [0.3, 0.4) is 0 Å². The summed E-state index contributed by atoms with van der Waals surface area (Å²) in [6.07, 6.45) is 5.34. The average Bonchev–Trinajstić information content (AvgIpc) is 2.47. The molecular weight excluding hydrogens is 240 g/mol. The van der Waals surface area contributed by atoms with Crippen LogP contribution < -0.4 is 0 Å². The molecule has 0 heteroatoms. The van der Waals surface area contributed by atoms with Gasteiger partial charge in [-0.25, -0.2) is 0 Å². The molecule has 0 spiro atoms. The number of rotatable bonds is 6. The number of hydrogen-bond acceptors (Lipinski definition) is 0. The predicted molar refractivity (Wildman–Crippen MR) is 90.0 cm³/mol. The Bertz CT molecular complexity index is 625. The van der Waals surface area contributed by atoms with E-state index in [1.165, 1.54) is 21.9 Å². The largest absolute Gasteiger partial charge is 0.0988 e. The van der Waals surface area contributed by atoms with Crippen molar-refractivity contribution in [3.63, 3.8) is 0 Å². The molecule has 0 unspecified atom stereocenters. The van der Waals surface area contributed by atoms with E-state index < -0.39 is 0 Å². The molecule has 2 rings (SSSR count). The highest BCUT2D eigenvalue weighted by Gasteiger charge is 2.00. The van der Waals surface area contributed by atoms with E-state index in [2.05, 4.69) is 62.7 Å². The second-order valence-electron chi connectivity index (χ2n) is 5.09. The van der Waals surface area contributed by atoms with Crippen molar-refractivity contribution in [3.8, 4) is 0 Å². The number of benzene rings is 2. The van der Waals surface area contributed by atoms with Gasteiger partial charge >= 0.3 is 0 Å². The van der Waals surface area contributed by atoms with Crippen molar-refractivity contribution in [3.05, 3.63) is 97.1 Å². The highest BCUT2D eigenvalue weighted by Crippen LogP contribution is 2.21. The lowest BCUT2D eigenvalue weighted by atomic mass is 9.98. The van der Waals surface area contributed by atoms with E-state index in [0.717, 1.165) is 24.0 Å². The van der Waals surface area contributed by atoms with Crippen molar-refractivity contribution < 1.29 is 0 Å². The van der Waals surface area contributed by atoms with E-state index in [0.29, 0.717) is 0 Å². The van der Waals surface area contributed by atoms with Crippen molar-refractivity contribution in [2.75, 3.05) is 0 Å². The Labute approximate surface area is 121 Å². The summed E-state index contributed by atoms with van der Waals surface area (Å²) in [6.45, 7) is 15.4. The van der Waals surface area contributed by atoms with E-state index in [9.17, 15) is 0 Å². The van der Waals surface area contributed by atoms with Crippen molar-refractivity contribution in [2.24, 2.45) is 0 Å². The maximum Gasteiger partial charge on any atom is -0.00316 e. The molecule has 20 heavy (non-hydrogen) atoms. The lowest BCUT2D eigenvalue weighted by molar-refractivity contribution is 1.21. The third-order valence-electron chi connectivity index (χ3n) is 3.41. The van der Waals surface area contributed by atoms with Gasteiger partial charge in [0.15, 0.2) is 0 Å². The standard InChI is InChI=1S/C20H20/c1-5-15(3)11-17-7-9-20-14-18(12-16(4)6-2)8-10-19(20)13-17/h5-10,13-14H,1-4,11-12H2. The van der Waals surface area contributed by atoms with Crippen LogP contribution in [0.15, 0.2) is 86.0 Å². The Balaban J connectivity index is 2.29. The Morgan fingerprint density at radius 2 is 1.15 bits per heavy atom. The minimum atomic E-state index is 0.856. The van der Waals surface area contributed by atoms with Crippen LogP contribution in [0, 0.1) is 0 Å². The molecule has 0 aliphatic carbocycles. The van der Waals surface area contributed by atoms with Crippen molar-refractivity contribution in [1.29, 1.82) is 0 Å². The molecule has 0 fully saturated rings. The molecule has 0 amide bonds. The van der Waals surface area contributed by atoms with Gasteiger partial charge in [0.2, 0.25) is 0 Å². The van der Waals surface area contributed by atoms with Gasteiger partial charge in [0.1, 0.15) is 0 Å². The van der Waals surface area contributed by atoms with Crippen LogP contribution in [0.1, 0.15) is 11.1 Å². The molecule has 0 radical (unpaired) electrons. The average molecular weight is 260 g/mol. The van der Waals surface area contributed by atoms with Gasteiger partial charge in [0, 0.05) is 0 Å². The summed E-state index contributed by atoms with van der Waals surface area (Å²) < 4.78 is 0. The maximum absolute atomic E-state index is 3.97. The predicted octanol–water partition coefficient (Wildman–Crippen LogP) is 5.41. The van der Waals surface area contributed by atoms with Gasteiger partial charge < -0.3 is 0 Å². The smallest absolute Gasteiger partial charge is 0.00316 e. The fourth-order valence-electron chi connectivity index (χ4n) is 2.23. The first-order chi connectivity index (χ1) is 9.62. The summed E-state index contributed by atoms with van der Waals surface area (Å²) in [5, 5.41) is 2.51. The minimum absolute atomic E-state index is 0.856. The summed E-state index contributed by atoms with van der Waals surface area (Å²) in [5.74, 6) is 0. The molecule has 0 bridgehead atoms. The number of allylic oxidation sites excluding steroid dienone is 4. The van der Waals surface area contributed by atoms with E-state index in [4.69, 9.17) is 0 Å². The first-order valence-electron chi connectivity index (χ1n) is 6.74. The van der Waals surface area contributed by atoms with Crippen LogP contribution in [0.5, 0.6) is 0 Å². The molecule has 2 aromatic carbocycles. The molecule has 0 heterocycles. The second-order valence-corrected chi connectivity index (χ2v) is 5.09. The zero-order valence-corrected chi connectivity index (χ0v) is 11.9. The Morgan fingerprint density at radius 3 is 1.50 bits per heavy atom. The van der Waals surface area contributed by atoms with Crippen molar-refractivity contribution in [1.82, 2.24) is 0 Å². The lowest BCUT2D eigenvalue weighted by Crippen LogP contribution is -1.89. The van der Waals surface area contributed by atoms with Gasteiger partial charge in [-0.3, -0.25) is 0 Å². The van der Waals surface area contributed by atoms with E-state index in [1.807, 2.05) is 12.2 Å². The minimum Gasteiger partial charge on any atom is -0.0988 e. The van der Waals surface area contributed by atoms with Gasteiger partial charge in [-0.1, -0.05) is 86.0 Å². The molecule has 100 valence electrons. The summed E-state index contributed by atoms with van der Waals surface area (Å²) in [6, 6.07) is 13.1. The zero-order chi connectivity index (χ0) is 14.5. The van der Waals surface area contributed by atoms with Gasteiger partial charge in [0.25, 0.3) is 0 Å². The topological polar surface area (TPSA) is 0 Å². The fourth-order valence-corrected chi connectivity index (χ4v) is 2.23. The maximum atomic E-state index is 3.97. The molecule has 0 N–H and O–H groups in total. The molecule has 0 aliphatic heterocycles. The quantitative estimate of drug-likeness (QED) is 0.609. The van der Waals surface area contributed by atoms with Crippen LogP contribution in [-0.4, -0.2) is 0 Å². The Kier molecular flexibility index (Phi) is 4.37. The van der Waals surface area contributed by atoms with Gasteiger partial charge in [-0.2, -0.15) is 0 Å². The normalized spacial score (nSPS) is 10.2. The summed E-state index contributed by atoms with van der Waals surface area (Å²) >= 11 is 0. The first kappa shape index (κ1) is 14.1. The Morgan fingerprint density at radius 1 is 0.750 bits per heavy atom. The van der Waals surface area contributed by atoms with Crippen LogP contribution >= 0.6 is 0 Å². The molecule has 0 saturated heterocycles. The van der Waals surface area contributed by atoms with Crippen molar-refractivity contribution >= 4 is 10.8 Å². The first-order valence-corrected chi connectivity index (χ1v) is 6.74. The third kappa shape index (κ3) is 3.36. The van der Waals surface area contributed by atoms with Gasteiger partial charge in [-0.05, 0) is 34.7 Å². The van der Waals surface area contributed by atoms with E-state index in [-0.39, 0.29) is 0 Å². The summed E-state index contributed by atoms with van der Waals surface area (Å²) in [5.41, 5.74) is 4.63. The molecule has 0 nitrogen and oxygen atoms in total. The molecule has 0 aromatic heterocycles. The zero-order valence-electron chi connectivity index (χ0n) is 11.9. The van der Waals surface area contributed by atoms with Gasteiger partial charge in [0.05, 0.1) is 0 Å². The molecular formula is C20H20. The monoisotopic (exact) mass is 260 g/mol. The molecule has 0 atom stereocenters. The van der Waals surface area contributed by atoms with Crippen LogP contribution in [-0.2, 0) is 12.8 Å². The SMILES string of the molecule is C=CC(=C)Cc1ccc2cc(CC(=C)C=C)ccc2c1. The highest BCUT2D eigenvalue weighted by atomic mass is 14.1. The van der Waals surface area contributed by atoms with Crippen LogP contribution in [0.2, 0.25) is 0 Å². The van der Waals surface area contributed by atoms with Crippen LogP contribution in [0.4, 0.5) is 0 Å². The van der Waals surface area contributed by atoms with Crippen molar-refractivity contribution in [2.45, 2.75) is 12.8 Å². The molecule has 2 aromatic rings. The fraction of sp³-hybridized carbons (Fsp3) is 0.100. The molecule has 0 aliphatic rings. The number of fused-ring (bicyclic) bond motifs is 1. The van der Waals surface area contributed by atoms with Crippen LogP contribution in [0.25, 0.3) is 10.8 Å². The second kappa shape index (κ2) is 6.21. The number of hydrogen-bond donors (Lipinski definition) is 0. The Hall–Kier alpha value is -2.34. The lowest BCUT2D eigenvalue weighted by Gasteiger charge is -2.07. The summed E-state index contributed by atoms with van der Waals surface area (Å²) in [4.78, 5) is 0.